The van der Waals surface area contributed by atoms with Gasteiger partial charge in [0.25, 0.3) is 0 Å². The van der Waals surface area contributed by atoms with Crippen LogP contribution in [-0.4, -0.2) is 59.7 Å². The first kappa shape index (κ1) is 19.5. The highest BCUT2D eigenvalue weighted by Crippen LogP contribution is 2.51. The van der Waals surface area contributed by atoms with Crippen LogP contribution in [0.4, 0.5) is 0 Å². The highest BCUT2D eigenvalue weighted by Gasteiger charge is 2.70. The molecule has 0 radical (unpaired) electrons. The lowest BCUT2D eigenvalue weighted by Crippen LogP contribution is -2.56. The van der Waals surface area contributed by atoms with Crippen LogP contribution < -0.4 is 5.32 Å². The highest BCUT2D eigenvalue weighted by atomic mass is 16.5. The lowest BCUT2D eigenvalue weighted by molar-refractivity contribution is -0.149. The first-order valence-electron chi connectivity index (χ1n) is 8.84. The number of ketones is 1. The number of fused-ring (bicyclic) bond motifs is 3. The van der Waals surface area contributed by atoms with E-state index in [0.717, 1.165) is 0 Å². The monoisotopic (exact) mass is 374 g/mol. The number of ether oxygens (including phenoxy) is 1. The molecule has 1 aliphatic heterocycles. The fourth-order valence-corrected chi connectivity index (χ4v) is 4.14. The Labute approximate surface area is 158 Å². The van der Waals surface area contributed by atoms with E-state index in [9.17, 15) is 19.8 Å². The molecule has 0 fully saturated rings. The zero-order valence-corrected chi connectivity index (χ0v) is 16.3. The molecule has 7 heteroatoms. The molecular formula is C20H26N2O5. The zero-order chi connectivity index (χ0) is 20.2. The number of esters is 1. The standard InChI is InChI=1S/C20H26N2O5/c1-12-15(17(24)27-11-18(2,3)10-22(4)5)19(25)16(23)13-8-6-7-9-14(13)20(19,26)21-12/h6-9,21,25-26H,10-11H2,1-5H3. The van der Waals surface area contributed by atoms with E-state index >= 15 is 0 Å². The summed E-state index contributed by atoms with van der Waals surface area (Å²) in [5.74, 6) is -1.53. The summed E-state index contributed by atoms with van der Waals surface area (Å²) in [6.45, 7) is 6.24. The number of Topliss-reactive ketones (excluding diaryl/α,β-unsaturated/α-hetero) is 1. The Morgan fingerprint density at radius 2 is 1.89 bits per heavy atom. The van der Waals surface area contributed by atoms with E-state index in [1.165, 1.54) is 13.0 Å². The van der Waals surface area contributed by atoms with Gasteiger partial charge in [-0.05, 0) is 21.0 Å². The maximum absolute atomic E-state index is 12.9. The Kier molecular flexibility index (Phi) is 4.45. The largest absolute Gasteiger partial charge is 0.462 e. The Balaban J connectivity index is 1.91. The van der Waals surface area contributed by atoms with E-state index in [0.29, 0.717) is 6.54 Å². The summed E-state index contributed by atoms with van der Waals surface area (Å²) in [5.41, 5.74) is -4.42. The smallest absolute Gasteiger partial charge is 0.339 e. The second kappa shape index (κ2) is 6.15. The number of carbonyl (C=O) groups excluding carboxylic acids is 2. The maximum atomic E-state index is 12.9. The molecular weight excluding hydrogens is 348 g/mol. The van der Waals surface area contributed by atoms with Crippen LogP contribution in [0.2, 0.25) is 0 Å². The van der Waals surface area contributed by atoms with Crippen LogP contribution in [0.5, 0.6) is 0 Å². The molecule has 2 atom stereocenters. The van der Waals surface area contributed by atoms with Crippen molar-refractivity contribution in [3.8, 4) is 0 Å². The molecule has 1 aromatic carbocycles. The lowest BCUT2D eigenvalue weighted by atomic mass is 9.85. The molecule has 7 nitrogen and oxygen atoms in total. The summed E-state index contributed by atoms with van der Waals surface area (Å²) in [6, 6.07) is 6.38. The summed E-state index contributed by atoms with van der Waals surface area (Å²) in [4.78, 5) is 27.7. The molecule has 0 spiro atoms. The summed E-state index contributed by atoms with van der Waals surface area (Å²) in [5, 5.41) is 25.1. The van der Waals surface area contributed by atoms with Crippen molar-refractivity contribution in [1.29, 1.82) is 0 Å². The minimum atomic E-state index is -2.41. The van der Waals surface area contributed by atoms with Gasteiger partial charge in [-0.1, -0.05) is 38.1 Å². The van der Waals surface area contributed by atoms with Gasteiger partial charge in [-0.15, -0.1) is 0 Å². The zero-order valence-electron chi connectivity index (χ0n) is 16.3. The number of aliphatic hydroxyl groups is 2. The van der Waals surface area contributed by atoms with Crippen LogP contribution in [0.25, 0.3) is 0 Å². The molecule has 0 saturated carbocycles. The Bertz CT molecular complexity index is 845. The van der Waals surface area contributed by atoms with E-state index in [2.05, 4.69) is 5.32 Å². The van der Waals surface area contributed by atoms with Crippen molar-refractivity contribution in [3.05, 3.63) is 46.7 Å². The van der Waals surface area contributed by atoms with Crippen molar-refractivity contribution >= 4 is 11.8 Å². The number of nitrogens with one attached hydrogen (secondary N) is 1. The summed E-state index contributed by atoms with van der Waals surface area (Å²) < 4.78 is 5.44. The minimum absolute atomic E-state index is 0.108. The molecule has 2 unspecified atom stereocenters. The van der Waals surface area contributed by atoms with Gasteiger partial charge in [-0.3, -0.25) is 4.79 Å². The first-order valence-corrected chi connectivity index (χ1v) is 8.84. The second-order valence-corrected chi connectivity index (χ2v) is 8.40. The predicted molar refractivity (Wildman–Crippen MR) is 98.7 cm³/mol. The van der Waals surface area contributed by atoms with Crippen molar-refractivity contribution in [3.63, 3.8) is 0 Å². The van der Waals surface area contributed by atoms with Gasteiger partial charge in [0.1, 0.15) is 5.57 Å². The van der Waals surface area contributed by atoms with Crippen molar-refractivity contribution in [2.75, 3.05) is 27.2 Å². The molecule has 3 N–H and O–H groups in total. The van der Waals surface area contributed by atoms with Crippen molar-refractivity contribution in [2.45, 2.75) is 32.1 Å². The Morgan fingerprint density at radius 1 is 1.26 bits per heavy atom. The van der Waals surface area contributed by atoms with Gasteiger partial charge in [-0.2, -0.15) is 0 Å². The number of hydrogen-bond donors (Lipinski definition) is 3. The lowest BCUT2D eigenvalue weighted by Gasteiger charge is -2.32. The second-order valence-electron chi connectivity index (χ2n) is 8.40. The number of allylic oxidation sites excluding steroid dienone is 1. The van der Waals surface area contributed by atoms with E-state index in [4.69, 9.17) is 4.74 Å². The molecule has 2 aliphatic rings. The quantitative estimate of drug-likeness (QED) is 0.655. The van der Waals surface area contributed by atoms with E-state index in [-0.39, 0.29) is 34.4 Å². The molecule has 0 amide bonds. The number of rotatable bonds is 5. The SMILES string of the molecule is CC1=C(C(=O)OCC(C)(C)CN(C)C)C2(O)C(=O)c3ccccc3C2(O)N1. The number of hydrogen-bond acceptors (Lipinski definition) is 7. The van der Waals surface area contributed by atoms with E-state index in [1.807, 2.05) is 32.8 Å². The number of carbonyl (C=O) groups is 2. The highest BCUT2D eigenvalue weighted by molar-refractivity contribution is 6.16. The third-order valence-corrected chi connectivity index (χ3v) is 5.06. The Morgan fingerprint density at radius 3 is 2.52 bits per heavy atom. The van der Waals surface area contributed by atoms with Crippen LogP contribution in [0, 0.1) is 5.41 Å². The van der Waals surface area contributed by atoms with Gasteiger partial charge in [0.05, 0.1) is 6.61 Å². The molecule has 0 aromatic heterocycles. The van der Waals surface area contributed by atoms with Crippen LogP contribution in [-0.2, 0) is 15.3 Å². The molecule has 1 heterocycles. The fourth-order valence-electron chi connectivity index (χ4n) is 4.14. The topological polar surface area (TPSA) is 99.1 Å². The minimum Gasteiger partial charge on any atom is -0.462 e. The van der Waals surface area contributed by atoms with E-state index < -0.39 is 23.1 Å². The van der Waals surface area contributed by atoms with Gasteiger partial charge in [0.2, 0.25) is 17.1 Å². The van der Waals surface area contributed by atoms with Crippen molar-refractivity contribution < 1.29 is 24.5 Å². The van der Waals surface area contributed by atoms with Crippen LogP contribution in [0.3, 0.4) is 0 Å². The molecule has 0 saturated heterocycles. The molecule has 1 aromatic rings. The normalized spacial score (nSPS) is 26.9. The third-order valence-electron chi connectivity index (χ3n) is 5.06. The number of nitrogens with zero attached hydrogens (tertiary/aromatic N) is 1. The molecule has 1 aliphatic carbocycles. The summed E-state index contributed by atoms with van der Waals surface area (Å²) in [7, 11) is 3.85. The van der Waals surface area contributed by atoms with Gasteiger partial charge < -0.3 is 25.2 Å². The average molecular weight is 374 g/mol. The van der Waals surface area contributed by atoms with Crippen LogP contribution in [0.15, 0.2) is 35.5 Å². The van der Waals surface area contributed by atoms with Crippen LogP contribution >= 0.6 is 0 Å². The fraction of sp³-hybridized carbons (Fsp3) is 0.500. The first-order chi connectivity index (χ1) is 12.4. The van der Waals surface area contributed by atoms with Gasteiger partial charge in [-0.25, -0.2) is 4.79 Å². The predicted octanol–water partition coefficient (Wildman–Crippen LogP) is 0.767. The third kappa shape index (κ3) is 2.77. The summed E-state index contributed by atoms with van der Waals surface area (Å²) >= 11 is 0. The van der Waals surface area contributed by atoms with Crippen molar-refractivity contribution in [2.24, 2.45) is 5.41 Å². The van der Waals surface area contributed by atoms with Crippen molar-refractivity contribution in [1.82, 2.24) is 10.2 Å². The maximum Gasteiger partial charge on any atom is 0.339 e. The van der Waals surface area contributed by atoms with Gasteiger partial charge in [0.15, 0.2) is 0 Å². The average Bonchev–Trinajstić information content (AvgIpc) is 2.87. The van der Waals surface area contributed by atoms with E-state index in [1.54, 1.807) is 18.2 Å². The van der Waals surface area contributed by atoms with Crippen LogP contribution in [0.1, 0.15) is 36.7 Å². The molecule has 3 rings (SSSR count). The number of benzene rings is 1. The van der Waals surface area contributed by atoms with Gasteiger partial charge >= 0.3 is 5.97 Å². The molecule has 27 heavy (non-hydrogen) atoms. The molecule has 0 bridgehead atoms. The summed E-state index contributed by atoms with van der Waals surface area (Å²) in [6.07, 6.45) is 0. The molecule has 146 valence electrons. The Hall–Kier alpha value is -2.22. The van der Waals surface area contributed by atoms with Gasteiger partial charge in [0, 0.05) is 28.8 Å².